The fraction of sp³-hybridized carbons (Fsp3) is 0.125. The molecule has 0 aliphatic rings. The monoisotopic (exact) mass is 192 g/mol. The molecule has 0 bridgehead atoms. The van der Waals surface area contributed by atoms with Crippen LogP contribution in [0.15, 0.2) is 29.1 Å². The predicted molar refractivity (Wildman–Crippen MR) is 47.5 cm³/mol. The van der Waals surface area contributed by atoms with Gasteiger partial charge in [0.1, 0.15) is 12.1 Å². The Kier molecular flexibility index (Phi) is 2.02. The highest BCUT2D eigenvalue weighted by Gasteiger charge is 2.09. The van der Waals surface area contributed by atoms with Crippen LogP contribution in [0, 0.1) is 0 Å². The molecule has 2 N–H and O–H groups in total. The third-order valence-corrected chi connectivity index (χ3v) is 1.67. The van der Waals surface area contributed by atoms with Crippen molar-refractivity contribution in [3.05, 3.63) is 30.5 Å². The number of rotatable bonds is 2. The van der Waals surface area contributed by atoms with Crippen molar-refractivity contribution in [1.29, 1.82) is 0 Å². The first-order valence-electron chi connectivity index (χ1n) is 3.98. The van der Waals surface area contributed by atoms with Crippen molar-refractivity contribution in [2.75, 3.05) is 5.73 Å². The van der Waals surface area contributed by atoms with Gasteiger partial charge in [0, 0.05) is 0 Å². The van der Waals surface area contributed by atoms with Gasteiger partial charge in [-0.05, 0) is 12.1 Å². The number of carbonyl (C=O) groups is 1. The lowest BCUT2D eigenvalue weighted by molar-refractivity contribution is 0.0892. The molecule has 0 spiro atoms. The molecule has 0 atom stereocenters. The average molecular weight is 192 g/mol. The van der Waals surface area contributed by atoms with Gasteiger partial charge in [-0.15, -0.1) is 5.10 Å². The first-order chi connectivity index (χ1) is 6.75. The first kappa shape index (κ1) is 8.49. The highest BCUT2D eigenvalue weighted by molar-refractivity contribution is 5.79. The maximum absolute atomic E-state index is 11.5. The summed E-state index contributed by atoms with van der Waals surface area (Å²) in [5, 5.41) is 3.68. The molecule has 0 fully saturated rings. The highest BCUT2D eigenvalue weighted by atomic mass is 16.3. The third kappa shape index (κ3) is 1.63. The van der Waals surface area contributed by atoms with Crippen molar-refractivity contribution >= 4 is 11.9 Å². The van der Waals surface area contributed by atoms with E-state index in [-0.39, 0.29) is 18.3 Å². The largest absolute Gasteiger partial charge is 0.469 e. The van der Waals surface area contributed by atoms with Crippen molar-refractivity contribution in [2.45, 2.75) is 6.42 Å². The SMILES string of the molecule is Nc1ncn(C(=O)Cc2ccco2)n1. The summed E-state index contributed by atoms with van der Waals surface area (Å²) >= 11 is 0. The molecule has 2 rings (SSSR count). The van der Waals surface area contributed by atoms with Gasteiger partial charge in [0.25, 0.3) is 5.91 Å². The van der Waals surface area contributed by atoms with Gasteiger partial charge >= 0.3 is 0 Å². The molecule has 14 heavy (non-hydrogen) atoms. The quantitative estimate of drug-likeness (QED) is 0.741. The summed E-state index contributed by atoms with van der Waals surface area (Å²) in [5.74, 6) is 0.436. The Bertz CT molecular complexity index is 432. The fourth-order valence-electron chi connectivity index (χ4n) is 1.04. The highest BCUT2D eigenvalue weighted by Crippen LogP contribution is 2.02. The van der Waals surface area contributed by atoms with E-state index in [1.807, 2.05) is 0 Å². The summed E-state index contributed by atoms with van der Waals surface area (Å²) in [6.45, 7) is 0. The average Bonchev–Trinajstić information content (AvgIpc) is 2.75. The van der Waals surface area contributed by atoms with E-state index in [0.717, 1.165) is 4.68 Å². The van der Waals surface area contributed by atoms with Crippen molar-refractivity contribution in [2.24, 2.45) is 0 Å². The minimum atomic E-state index is -0.232. The third-order valence-electron chi connectivity index (χ3n) is 1.67. The van der Waals surface area contributed by atoms with E-state index in [1.54, 1.807) is 12.1 Å². The van der Waals surface area contributed by atoms with Crippen molar-refractivity contribution < 1.29 is 9.21 Å². The van der Waals surface area contributed by atoms with Gasteiger partial charge in [-0.3, -0.25) is 4.79 Å². The molecule has 0 amide bonds. The Hall–Kier alpha value is -2.11. The van der Waals surface area contributed by atoms with Gasteiger partial charge in [0.2, 0.25) is 5.95 Å². The molecule has 2 heterocycles. The Morgan fingerprint density at radius 2 is 2.50 bits per heavy atom. The number of nitrogens with zero attached hydrogens (tertiary/aromatic N) is 3. The van der Waals surface area contributed by atoms with Crippen molar-refractivity contribution in [3.63, 3.8) is 0 Å². The van der Waals surface area contributed by atoms with Crippen LogP contribution >= 0.6 is 0 Å². The second-order valence-corrected chi connectivity index (χ2v) is 2.70. The molecule has 2 aromatic rings. The molecule has 6 nitrogen and oxygen atoms in total. The molecular formula is C8H8N4O2. The summed E-state index contributed by atoms with van der Waals surface area (Å²) in [7, 11) is 0. The predicted octanol–water partition coefficient (Wildman–Crippen LogP) is 0.336. The number of hydrogen-bond acceptors (Lipinski definition) is 5. The van der Waals surface area contributed by atoms with Crippen LogP contribution in [0.1, 0.15) is 10.6 Å². The number of nitrogen functional groups attached to an aromatic ring is 1. The Morgan fingerprint density at radius 1 is 1.64 bits per heavy atom. The Balaban J connectivity index is 2.10. The number of aromatic nitrogens is 3. The van der Waals surface area contributed by atoms with E-state index in [1.165, 1.54) is 12.6 Å². The summed E-state index contributed by atoms with van der Waals surface area (Å²) in [5.41, 5.74) is 5.27. The normalized spacial score (nSPS) is 10.3. The molecule has 0 unspecified atom stereocenters. The van der Waals surface area contributed by atoms with Crippen LogP contribution in [0.4, 0.5) is 5.95 Å². The molecule has 0 saturated carbocycles. The molecule has 72 valence electrons. The smallest absolute Gasteiger partial charge is 0.256 e. The molecule has 0 aliphatic heterocycles. The van der Waals surface area contributed by atoms with Gasteiger partial charge in [0.05, 0.1) is 12.7 Å². The second-order valence-electron chi connectivity index (χ2n) is 2.70. The summed E-state index contributed by atoms with van der Waals surface area (Å²) < 4.78 is 6.11. The standard InChI is InChI=1S/C8H8N4O2/c9-8-10-5-12(11-8)7(13)4-6-2-1-3-14-6/h1-3,5H,4H2,(H2,9,11). The van der Waals surface area contributed by atoms with Crippen LogP contribution in [0.25, 0.3) is 0 Å². The van der Waals surface area contributed by atoms with Crippen LogP contribution in [0.5, 0.6) is 0 Å². The number of nitrogens with two attached hydrogens (primary N) is 1. The molecule has 0 saturated heterocycles. The van der Waals surface area contributed by atoms with E-state index in [9.17, 15) is 4.79 Å². The molecule has 6 heteroatoms. The fourth-order valence-corrected chi connectivity index (χ4v) is 1.04. The maximum Gasteiger partial charge on any atom is 0.256 e. The molecule has 0 aliphatic carbocycles. The summed E-state index contributed by atoms with van der Waals surface area (Å²) in [6.07, 6.45) is 2.94. The zero-order valence-corrected chi connectivity index (χ0v) is 7.25. The van der Waals surface area contributed by atoms with Crippen LogP contribution in [-0.2, 0) is 6.42 Å². The number of hydrogen-bond donors (Lipinski definition) is 1. The van der Waals surface area contributed by atoms with Gasteiger partial charge in [-0.2, -0.15) is 4.68 Å². The van der Waals surface area contributed by atoms with E-state index in [4.69, 9.17) is 10.2 Å². The van der Waals surface area contributed by atoms with Gasteiger partial charge in [-0.1, -0.05) is 0 Å². The lowest BCUT2D eigenvalue weighted by atomic mass is 10.3. The number of furan rings is 1. The van der Waals surface area contributed by atoms with Crippen LogP contribution in [0.2, 0.25) is 0 Å². The van der Waals surface area contributed by atoms with Crippen molar-refractivity contribution in [3.8, 4) is 0 Å². The van der Waals surface area contributed by atoms with E-state index in [0.29, 0.717) is 5.76 Å². The van der Waals surface area contributed by atoms with Crippen LogP contribution in [-0.4, -0.2) is 20.7 Å². The first-order valence-corrected chi connectivity index (χ1v) is 3.98. The Morgan fingerprint density at radius 3 is 3.07 bits per heavy atom. The minimum Gasteiger partial charge on any atom is -0.469 e. The maximum atomic E-state index is 11.5. The molecule has 2 aromatic heterocycles. The lowest BCUT2D eigenvalue weighted by Crippen LogP contribution is -2.13. The zero-order chi connectivity index (χ0) is 9.97. The number of anilines is 1. The van der Waals surface area contributed by atoms with E-state index >= 15 is 0 Å². The lowest BCUT2D eigenvalue weighted by Gasteiger charge is -1.95. The van der Waals surface area contributed by atoms with Crippen LogP contribution in [0.3, 0.4) is 0 Å². The van der Waals surface area contributed by atoms with Crippen LogP contribution < -0.4 is 5.73 Å². The second kappa shape index (κ2) is 3.33. The Labute approximate surface area is 79.3 Å². The van der Waals surface area contributed by atoms with Gasteiger partial charge in [-0.25, -0.2) is 4.98 Å². The molecule has 0 radical (unpaired) electrons. The van der Waals surface area contributed by atoms with E-state index < -0.39 is 0 Å². The zero-order valence-electron chi connectivity index (χ0n) is 7.25. The van der Waals surface area contributed by atoms with Crippen molar-refractivity contribution in [1.82, 2.24) is 14.8 Å². The molecule has 0 aromatic carbocycles. The van der Waals surface area contributed by atoms with Gasteiger partial charge in [0.15, 0.2) is 0 Å². The summed E-state index contributed by atoms with van der Waals surface area (Å²) in [6, 6.07) is 3.44. The molecular weight excluding hydrogens is 184 g/mol. The summed E-state index contributed by atoms with van der Waals surface area (Å²) in [4.78, 5) is 15.1. The van der Waals surface area contributed by atoms with Gasteiger partial charge < -0.3 is 10.2 Å². The minimum absolute atomic E-state index is 0.0813. The topological polar surface area (TPSA) is 86.9 Å². The van der Waals surface area contributed by atoms with E-state index in [2.05, 4.69) is 10.1 Å². The number of carbonyl (C=O) groups excluding carboxylic acids is 1.